The van der Waals surface area contributed by atoms with Crippen molar-refractivity contribution in [1.82, 2.24) is 14.5 Å². The maximum absolute atomic E-state index is 13.7. The second kappa shape index (κ2) is 11.0. The van der Waals surface area contributed by atoms with Crippen molar-refractivity contribution < 1.29 is 27.5 Å². The van der Waals surface area contributed by atoms with Crippen LogP contribution in [0, 0.1) is 11.1 Å². The van der Waals surface area contributed by atoms with Crippen LogP contribution in [-0.2, 0) is 25.4 Å². The molecule has 202 valence electrons. The molecule has 1 aromatic carbocycles. The standard InChI is InChI=1S/C27H32N4O6S/c1-4-19-8-10-20(11-9-19)26(33)28-22(15-18(2)3)27(34)29-14-12-23-25(29)24(32)16-31(23)38(36,37)17-21-7-5-6-13-30(21)35/h4-11,13,18,22-23,25H,1,12,14-17H2,2-3H3,(H,28,33). The third-order valence-corrected chi connectivity index (χ3v) is 8.75. The lowest BCUT2D eigenvalue weighted by Gasteiger charge is -2.29. The molecule has 2 aromatic rings. The van der Waals surface area contributed by atoms with Crippen LogP contribution in [0.5, 0.6) is 0 Å². The van der Waals surface area contributed by atoms with E-state index in [2.05, 4.69) is 11.9 Å². The van der Waals surface area contributed by atoms with Gasteiger partial charge in [0.15, 0.2) is 17.7 Å². The van der Waals surface area contributed by atoms with Crippen LogP contribution in [0.25, 0.3) is 6.08 Å². The lowest BCUT2D eigenvalue weighted by molar-refractivity contribution is -0.612. The number of benzene rings is 1. The number of hydrogen-bond acceptors (Lipinski definition) is 6. The summed E-state index contributed by atoms with van der Waals surface area (Å²) >= 11 is 0. The maximum atomic E-state index is 13.7. The van der Waals surface area contributed by atoms with Gasteiger partial charge in [-0.25, -0.2) is 8.42 Å². The Bertz CT molecular complexity index is 1340. The molecule has 3 unspecified atom stereocenters. The molecule has 2 aliphatic rings. The van der Waals surface area contributed by atoms with E-state index in [0.29, 0.717) is 23.1 Å². The molecule has 3 atom stereocenters. The summed E-state index contributed by atoms with van der Waals surface area (Å²) in [5.41, 5.74) is 1.30. The number of hydrogen-bond donors (Lipinski definition) is 1. The van der Waals surface area contributed by atoms with E-state index in [1.807, 2.05) is 13.8 Å². The number of nitrogens with zero attached hydrogens (tertiary/aromatic N) is 3. The zero-order valence-corrected chi connectivity index (χ0v) is 22.3. The lowest BCUT2D eigenvalue weighted by atomic mass is 10.0. The van der Waals surface area contributed by atoms with E-state index in [1.54, 1.807) is 36.4 Å². The number of carbonyl (C=O) groups is 3. The van der Waals surface area contributed by atoms with Crippen LogP contribution in [0.1, 0.15) is 48.3 Å². The van der Waals surface area contributed by atoms with Gasteiger partial charge in [-0.05, 0) is 42.5 Å². The highest BCUT2D eigenvalue weighted by molar-refractivity contribution is 7.88. The van der Waals surface area contributed by atoms with Crippen LogP contribution in [0.4, 0.5) is 0 Å². The van der Waals surface area contributed by atoms with E-state index in [-0.39, 0.29) is 30.5 Å². The Kier molecular flexibility index (Phi) is 7.98. The summed E-state index contributed by atoms with van der Waals surface area (Å²) in [5.74, 6) is -1.66. The fourth-order valence-corrected chi connectivity index (χ4v) is 6.85. The maximum Gasteiger partial charge on any atom is 0.251 e. The SMILES string of the molecule is C=Cc1ccc(C(=O)NC(CC(C)C)C(=O)N2CCC3C2C(=O)CN3S(=O)(=O)Cc2cccc[n+]2[O-])cc1. The molecule has 0 saturated carbocycles. The Morgan fingerprint density at radius 1 is 1.21 bits per heavy atom. The first kappa shape index (κ1) is 27.5. The number of Topliss-reactive ketones (excluding diaryl/α,β-unsaturated/α-hetero) is 1. The van der Waals surface area contributed by atoms with E-state index < -0.39 is 45.7 Å². The summed E-state index contributed by atoms with van der Waals surface area (Å²) in [4.78, 5) is 41.0. The predicted molar refractivity (Wildman–Crippen MR) is 141 cm³/mol. The summed E-state index contributed by atoms with van der Waals surface area (Å²) in [6, 6.07) is 8.80. The monoisotopic (exact) mass is 540 g/mol. The molecule has 0 bridgehead atoms. The van der Waals surface area contributed by atoms with Crippen molar-refractivity contribution in [2.24, 2.45) is 5.92 Å². The highest BCUT2D eigenvalue weighted by atomic mass is 32.2. The third-order valence-electron chi connectivity index (χ3n) is 6.97. The van der Waals surface area contributed by atoms with Crippen LogP contribution in [0.2, 0.25) is 0 Å². The summed E-state index contributed by atoms with van der Waals surface area (Å²) in [6.45, 7) is 7.39. The van der Waals surface area contributed by atoms with Crippen molar-refractivity contribution >= 4 is 33.7 Å². The molecule has 1 aromatic heterocycles. The average molecular weight is 541 g/mol. The van der Waals surface area contributed by atoms with E-state index in [9.17, 15) is 28.0 Å². The highest BCUT2D eigenvalue weighted by Gasteiger charge is 2.54. The number of sulfonamides is 1. The van der Waals surface area contributed by atoms with Crippen molar-refractivity contribution in [2.45, 2.75) is 50.6 Å². The van der Waals surface area contributed by atoms with Gasteiger partial charge in [0.25, 0.3) is 5.91 Å². The normalized spacial score (nSPS) is 20.4. The third kappa shape index (κ3) is 5.63. The molecule has 2 amide bonds. The minimum atomic E-state index is -3.99. The van der Waals surface area contributed by atoms with Crippen LogP contribution in [-0.4, -0.2) is 66.4 Å². The van der Waals surface area contributed by atoms with Crippen molar-refractivity contribution in [3.8, 4) is 0 Å². The molecule has 0 spiro atoms. The summed E-state index contributed by atoms with van der Waals surface area (Å²) in [7, 11) is -3.99. The minimum absolute atomic E-state index is 0.0511. The molecule has 0 aliphatic carbocycles. The quantitative estimate of drug-likeness (QED) is 0.379. The zero-order valence-electron chi connectivity index (χ0n) is 21.4. The van der Waals surface area contributed by atoms with Crippen LogP contribution < -0.4 is 10.0 Å². The Labute approximate surface area is 222 Å². The number of pyridine rings is 1. The van der Waals surface area contributed by atoms with E-state index in [0.717, 1.165) is 9.87 Å². The number of carbonyl (C=O) groups excluding carboxylic acids is 3. The molecule has 1 N–H and O–H groups in total. The molecule has 3 heterocycles. The van der Waals surface area contributed by atoms with E-state index >= 15 is 0 Å². The summed E-state index contributed by atoms with van der Waals surface area (Å²) < 4.78 is 28.0. The molecule has 2 aliphatic heterocycles. The average Bonchev–Trinajstić information content (AvgIpc) is 3.46. The van der Waals surface area contributed by atoms with Gasteiger partial charge in [-0.15, -0.1) is 0 Å². The fourth-order valence-electron chi connectivity index (χ4n) is 5.13. The molecule has 11 heteroatoms. The molecule has 10 nitrogen and oxygen atoms in total. The first-order valence-corrected chi connectivity index (χ1v) is 14.2. The van der Waals surface area contributed by atoms with Crippen molar-refractivity contribution in [3.05, 3.63) is 77.3 Å². The van der Waals surface area contributed by atoms with Gasteiger partial charge in [-0.3, -0.25) is 14.4 Å². The van der Waals surface area contributed by atoms with Crippen molar-refractivity contribution in [2.75, 3.05) is 13.1 Å². The number of nitrogens with one attached hydrogen (secondary N) is 1. The number of aromatic nitrogens is 1. The van der Waals surface area contributed by atoms with Gasteiger partial charge in [0.1, 0.15) is 12.1 Å². The number of rotatable bonds is 9. The topological polar surface area (TPSA) is 131 Å². The number of likely N-dealkylation sites (tertiary alicyclic amines) is 1. The highest BCUT2D eigenvalue weighted by Crippen LogP contribution is 2.33. The lowest BCUT2D eigenvalue weighted by Crippen LogP contribution is -2.53. The van der Waals surface area contributed by atoms with Gasteiger partial charge in [0, 0.05) is 24.2 Å². The number of amides is 2. The Morgan fingerprint density at radius 2 is 1.92 bits per heavy atom. The Balaban J connectivity index is 1.51. The van der Waals surface area contributed by atoms with E-state index in [4.69, 9.17) is 0 Å². The number of fused-ring (bicyclic) bond motifs is 1. The molecule has 38 heavy (non-hydrogen) atoms. The molecular weight excluding hydrogens is 508 g/mol. The smallest absolute Gasteiger partial charge is 0.251 e. The summed E-state index contributed by atoms with van der Waals surface area (Å²) in [6.07, 6.45) is 3.53. The van der Waals surface area contributed by atoms with Crippen LogP contribution >= 0.6 is 0 Å². The molecule has 2 saturated heterocycles. The largest absolute Gasteiger partial charge is 0.618 e. The second-order valence-electron chi connectivity index (χ2n) is 10.1. The molecular formula is C27H32N4O6S. The van der Waals surface area contributed by atoms with Gasteiger partial charge < -0.3 is 15.4 Å². The van der Waals surface area contributed by atoms with Gasteiger partial charge in [0.05, 0.1) is 12.6 Å². The first-order valence-electron chi connectivity index (χ1n) is 12.5. The van der Waals surface area contributed by atoms with Gasteiger partial charge in [-0.1, -0.05) is 38.6 Å². The van der Waals surface area contributed by atoms with Gasteiger partial charge >= 0.3 is 0 Å². The Hall–Kier alpha value is -3.57. The molecule has 2 fully saturated rings. The summed E-state index contributed by atoms with van der Waals surface area (Å²) in [5, 5.41) is 14.8. The zero-order chi connectivity index (χ0) is 27.6. The van der Waals surface area contributed by atoms with Crippen molar-refractivity contribution in [1.29, 1.82) is 0 Å². The van der Waals surface area contributed by atoms with E-state index in [1.165, 1.54) is 23.2 Å². The first-order chi connectivity index (χ1) is 18.0. The van der Waals surface area contributed by atoms with Crippen LogP contribution in [0.3, 0.4) is 0 Å². The Morgan fingerprint density at radius 3 is 2.55 bits per heavy atom. The molecule has 4 rings (SSSR count). The number of ketones is 1. The van der Waals surface area contributed by atoms with Gasteiger partial charge in [-0.2, -0.15) is 9.04 Å². The van der Waals surface area contributed by atoms with Crippen molar-refractivity contribution in [3.63, 3.8) is 0 Å². The second-order valence-corrected chi connectivity index (χ2v) is 12.0. The predicted octanol–water partition coefficient (Wildman–Crippen LogP) is 1.49. The van der Waals surface area contributed by atoms with Crippen LogP contribution in [0.15, 0.2) is 55.2 Å². The van der Waals surface area contributed by atoms with Gasteiger partial charge in [0.2, 0.25) is 21.6 Å². The minimum Gasteiger partial charge on any atom is -0.618 e. The fraction of sp³-hybridized carbons (Fsp3) is 0.407. The molecule has 0 radical (unpaired) electrons.